The van der Waals surface area contributed by atoms with E-state index in [1.54, 1.807) is 48.5 Å². The number of hydrogen-bond donors (Lipinski definition) is 1. The standard InChI is InChI=1S/C20H14BrClN2O3S/c1-2-9-27-17-8-3-12(11-16(17)21)10-15-18(25)23-20(28)24(19(15)26)14-6-4-13(22)5-7-14/h2-8,10-11H,1,9H2,(H,23,25,28)/b15-10+. The summed E-state index contributed by atoms with van der Waals surface area (Å²) >= 11 is 14.5. The average Bonchev–Trinajstić information content (AvgIpc) is 2.66. The van der Waals surface area contributed by atoms with Gasteiger partial charge in [-0.1, -0.05) is 30.3 Å². The highest BCUT2D eigenvalue weighted by Gasteiger charge is 2.34. The average molecular weight is 478 g/mol. The Morgan fingerprint density at radius 2 is 1.93 bits per heavy atom. The van der Waals surface area contributed by atoms with Crippen LogP contribution in [-0.2, 0) is 9.59 Å². The molecule has 1 saturated heterocycles. The van der Waals surface area contributed by atoms with E-state index in [4.69, 9.17) is 28.6 Å². The summed E-state index contributed by atoms with van der Waals surface area (Å²) in [5.41, 5.74) is 1.13. The fourth-order valence-corrected chi connectivity index (χ4v) is 3.44. The van der Waals surface area contributed by atoms with E-state index in [0.29, 0.717) is 33.1 Å². The molecule has 0 saturated carbocycles. The number of rotatable bonds is 5. The first kappa shape index (κ1) is 20.3. The van der Waals surface area contributed by atoms with Gasteiger partial charge < -0.3 is 4.74 Å². The van der Waals surface area contributed by atoms with Crippen LogP contribution in [-0.4, -0.2) is 23.5 Å². The van der Waals surface area contributed by atoms with Gasteiger partial charge in [0.05, 0.1) is 10.2 Å². The zero-order chi connectivity index (χ0) is 20.3. The van der Waals surface area contributed by atoms with Crippen molar-refractivity contribution in [3.63, 3.8) is 0 Å². The van der Waals surface area contributed by atoms with E-state index >= 15 is 0 Å². The van der Waals surface area contributed by atoms with Crippen molar-refractivity contribution in [2.24, 2.45) is 0 Å². The fraction of sp³-hybridized carbons (Fsp3) is 0.0500. The van der Waals surface area contributed by atoms with Crippen molar-refractivity contribution in [1.29, 1.82) is 0 Å². The molecule has 142 valence electrons. The van der Waals surface area contributed by atoms with Crippen molar-refractivity contribution in [3.8, 4) is 5.75 Å². The fourth-order valence-electron chi connectivity index (χ4n) is 2.52. The third-order valence-electron chi connectivity index (χ3n) is 3.81. The number of nitrogens with zero attached hydrogens (tertiary/aromatic N) is 1. The molecule has 0 radical (unpaired) electrons. The van der Waals surface area contributed by atoms with Gasteiger partial charge in [-0.2, -0.15) is 0 Å². The van der Waals surface area contributed by atoms with Crippen LogP contribution in [0, 0.1) is 0 Å². The summed E-state index contributed by atoms with van der Waals surface area (Å²) in [6.07, 6.45) is 3.14. The summed E-state index contributed by atoms with van der Waals surface area (Å²) in [6.45, 7) is 3.97. The predicted octanol–water partition coefficient (Wildman–Crippen LogP) is 4.50. The monoisotopic (exact) mass is 476 g/mol. The van der Waals surface area contributed by atoms with E-state index in [1.807, 2.05) is 0 Å². The smallest absolute Gasteiger partial charge is 0.270 e. The minimum Gasteiger partial charge on any atom is -0.488 e. The molecule has 1 heterocycles. The Kier molecular flexibility index (Phi) is 6.28. The number of thiocarbonyl (C=S) groups is 1. The van der Waals surface area contributed by atoms with Crippen LogP contribution in [0.15, 0.2) is 65.2 Å². The number of benzene rings is 2. The predicted molar refractivity (Wildman–Crippen MR) is 117 cm³/mol. The van der Waals surface area contributed by atoms with Gasteiger partial charge in [0, 0.05) is 5.02 Å². The summed E-state index contributed by atoms with van der Waals surface area (Å²) < 4.78 is 6.20. The van der Waals surface area contributed by atoms with Crippen molar-refractivity contribution in [2.75, 3.05) is 11.5 Å². The first-order valence-electron chi connectivity index (χ1n) is 8.11. The Bertz CT molecular complexity index is 1010. The van der Waals surface area contributed by atoms with Crippen LogP contribution in [0.4, 0.5) is 5.69 Å². The molecule has 0 atom stereocenters. The maximum atomic E-state index is 13.0. The highest BCUT2D eigenvalue weighted by molar-refractivity contribution is 9.10. The lowest BCUT2D eigenvalue weighted by molar-refractivity contribution is -0.122. The number of nitrogens with one attached hydrogen (secondary N) is 1. The summed E-state index contributed by atoms with van der Waals surface area (Å²) in [7, 11) is 0. The van der Waals surface area contributed by atoms with E-state index in [9.17, 15) is 9.59 Å². The van der Waals surface area contributed by atoms with E-state index in [1.165, 1.54) is 11.0 Å². The number of ether oxygens (including phenoxy) is 1. The Morgan fingerprint density at radius 1 is 1.21 bits per heavy atom. The number of carbonyl (C=O) groups is 2. The van der Waals surface area contributed by atoms with Gasteiger partial charge in [0.15, 0.2) is 5.11 Å². The van der Waals surface area contributed by atoms with Gasteiger partial charge in [0.2, 0.25) is 0 Å². The largest absolute Gasteiger partial charge is 0.488 e. The molecule has 0 aromatic heterocycles. The Balaban J connectivity index is 1.93. The van der Waals surface area contributed by atoms with Crippen LogP contribution in [0.1, 0.15) is 5.56 Å². The first-order valence-corrected chi connectivity index (χ1v) is 9.69. The van der Waals surface area contributed by atoms with Crippen molar-refractivity contribution in [2.45, 2.75) is 0 Å². The highest BCUT2D eigenvalue weighted by atomic mass is 79.9. The molecule has 2 aromatic carbocycles. The second-order valence-electron chi connectivity index (χ2n) is 5.72. The molecular weight excluding hydrogens is 464 g/mol. The summed E-state index contributed by atoms with van der Waals surface area (Å²) in [4.78, 5) is 26.6. The highest BCUT2D eigenvalue weighted by Crippen LogP contribution is 2.28. The molecular formula is C20H14BrClN2O3S. The quantitative estimate of drug-likeness (QED) is 0.298. The molecule has 1 aliphatic heterocycles. The summed E-state index contributed by atoms with van der Waals surface area (Å²) in [5, 5.41) is 3.09. The SMILES string of the molecule is C=CCOc1ccc(/C=C2\C(=O)NC(=S)N(c3ccc(Cl)cc3)C2=O)cc1Br. The lowest BCUT2D eigenvalue weighted by Gasteiger charge is -2.29. The molecule has 1 fully saturated rings. The van der Waals surface area contributed by atoms with Gasteiger partial charge in [-0.25, -0.2) is 0 Å². The number of carbonyl (C=O) groups excluding carboxylic acids is 2. The van der Waals surface area contributed by atoms with E-state index in [-0.39, 0.29) is 10.7 Å². The van der Waals surface area contributed by atoms with Gasteiger partial charge in [0.1, 0.15) is 17.9 Å². The molecule has 2 aromatic rings. The number of amides is 2. The van der Waals surface area contributed by atoms with Crippen molar-refractivity contribution in [3.05, 3.63) is 75.8 Å². The second-order valence-corrected chi connectivity index (χ2v) is 7.40. The van der Waals surface area contributed by atoms with E-state index < -0.39 is 11.8 Å². The van der Waals surface area contributed by atoms with Gasteiger partial charge in [-0.05, 0) is 76.2 Å². The Labute approximate surface area is 180 Å². The van der Waals surface area contributed by atoms with Crippen molar-refractivity contribution in [1.82, 2.24) is 5.32 Å². The molecule has 8 heteroatoms. The summed E-state index contributed by atoms with van der Waals surface area (Å²) in [5.74, 6) is -0.437. The maximum absolute atomic E-state index is 13.0. The molecule has 5 nitrogen and oxygen atoms in total. The normalized spacial score (nSPS) is 15.6. The van der Waals surface area contributed by atoms with E-state index in [2.05, 4.69) is 27.8 Å². The number of hydrogen-bond acceptors (Lipinski definition) is 4. The molecule has 1 aliphatic rings. The summed E-state index contributed by atoms with van der Waals surface area (Å²) in [6, 6.07) is 11.8. The van der Waals surface area contributed by atoms with Crippen molar-refractivity contribution >= 4 is 68.4 Å². The van der Waals surface area contributed by atoms with Crippen LogP contribution in [0.5, 0.6) is 5.75 Å². The maximum Gasteiger partial charge on any atom is 0.270 e. The number of anilines is 1. The third kappa shape index (κ3) is 4.32. The Hall–Kier alpha value is -2.48. The Morgan fingerprint density at radius 3 is 2.57 bits per heavy atom. The van der Waals surface area contributed by atoms with Gasteiger partial charge in [-0.15, -0.1) is 0 Å². The van der Waals surface area contributed by atoms with Gasteiger partial charge >= 0.3 is 0 Å². The molecule has 0 spiro atoms. The van der Waals surface area contributed by atoms with Gasteiger partial charge in [-0.3, -0.25) is 19.8 Å². The molecule has 0 unspecified atom stereocenters. The second kappa shape index (κ2) is 8.68. The number of halogens is 2. The molecule has 1 N–H and O–H groups in total. The van der Waals surface area contributed by atoms with Crippen LogP contribution >= 0.6 is 39.7 Å². The third-order valence-corrected chi connectivity index (χ3v) is 4.97. The zero-order valence-corrected chi connectivity index (χ0v) is 17.6. The molecule has 2 amide bonds. The first-order chi connectivity index (χ1) is 13.4. The molecule has 28 heavy (non-hydrogen) atoms. The van der Waals surface area contributed by atoms with Crippen LogP contribution in [0.2, 0.25) is 5.02 Å². The van der Waals surface area contributed by atoms with Crippen molar-refractivity contribution < 1.29 is 14.3 Å². The molecule has 0 bridgehead atoms. The molecule has 3 rings (SSSR count). The van der Waals surface area contributed by atoms with Gasteiger partial charge in [0.25, 0.3) is 11.8 Å². The van der Waals surface area contributed by atoms with Crippen LogP contribution < -0.4 is 15.0 Å². The lowest BCUT2D eigenvalue weighted by Crippen LogP contribution is -2.54. The van der Waals surface area contributed by atoms with Crippen LogP contribution in [0.25, 0.3) is 6.08 Å². The molecule has 0 aliphatic carbocycles. The minimum atomic E-state index is -0.552. The lowest BCUT2D eigenvalue weighted by atomic mass is 10.1. The van der Waals surface area contributed by atoms with E-state index in [0.717, 1.165) is 0 Å². The minimum absolute atomic E-state index is 0.0174. The zero-order valence-electron chi connectivity index (χ0n) is 14.4. The van der Waals surface area contributed by atoms with Crippen LogP contribution in [0.3, 0.4) is 0 Å². The topological polar surface area (TPSA) is 58.6 Å².